The van der Waals surface area contributed by atoms with Crippen LogP contribution < -0.4 is 10.0 Å². The van der Waals surface area contributed by atoms with E-state index in [1.54, 1.807) is 43.3 Å². The van der Waals surface area contributed by atoms with Crippen LogP contribution in [0.2, 0.25) is 0 Å². The van der Waals surface area contributed by atoms with Gasteiger partial charge in [-0.1, -0.05) is 18.2 Å². The van der Waals surface area contributed by atoms with Crippen LogP contribution in [-0.2, 0) is 10.0 Å². The van der Waals surface area contributed by atoms with E-state index in [0.717, 1.165) is 44.7 Å². The number of carbonyl (C=O) groups is 1. The molecule has 2 aromatic rings. The summed E-state index contributed by atoms with van der Waals surface area (Å²) in [6, 6.07) is 11.9. The zero-order valence-corrected chi connectivity index (χ0v) is 19.3. The Morgan fingerprint density at radius 1 is 1.03 bits per heavy atom. The van der Waals surface area contributed by atoms with Gasteiger partial charge in [-0.05, 0) is 69.3 Å². The number of likely N-dealkylation sites (N-methyl/N-ethyl adjacent to an activating group) is 1. The maximum atomic E-state index is 12.8. The number of hydrogen-bond donors (Lipinski definition) is 2. The Morgan fingerprint density at radius 2 is 1.77 bits per heavy atom. The third kappa shape index (κ3) is 6.53. The zero-order chi connectivity index (χ0) is 22.4. The van der Waals surface area contributed by atoms with Crippen molar-refractivity contribution in [2.45, 2.75) is 25.2 Å². The SMILES string of the molecule is Cc1ccc(C)c(S(=O)(=O)Nc2cccc(C(=O)NCCCN3CCN(C)CC3)c2)c1. The summed E-state index contributed by atoms with van der Waals surface area (Å²) in [4.78, 5) is 17.5. The number of nitrogens with zero attached hydrogens (tertiary/aromatic N) is 2. The van der Waals surface area contributed by atoms with Crippen LogP contribution in [-0.4, -0.2) is 70.4 Å². The molecule has 2 aromatic carbocycles. The van der Waals surface area contributed by atoms with Gasteiger partial charge < -0.3 is 15.1 Å². The molecular formula is C23H32N4O3S. The van der Waals surface area contributed by atoms with Crippen molar-refractivity contribution >= 4 is 21.6 Å². The van der Waals surface area contributed by atoms with Crippen molar-refractivity contribution in [2.75, 3.05) is 51.0 Å². The lowest BCUT2D eigenvalue weighted by atomic mass is 10.2. The molecule has 0 saturated carbocycles. The van der Waals surface area contributed by atoms with Crippen molar-refractivity contribution in [3.63, 3.8) is 0 Å². The van der Waals surface area contributed by atoms with Crippen LogP contribution in [0.5, 0.6) is 0 Å². The molecule has 0 unspecified atom stereocenters. The molecule has 0 aromatic heterocycles. The van der Waals surface area contributed by atoms with Gasteiger partial charge >= 0.3 is 0 Å². The van der Waals surface area contributed by atoms with E-state index in [1.165, 1.54) is 0 Å². The molecule has 7 nitrogen and oxygen atoms in total. The van der Waals surface area contributed by atoms with Gasteiger partial charge in [-0.3, -0.25) is 9.52 Å². The summed E-state index contributed by atoms with van der Waals surface area (Å²) in [6.45, 7) is 9.45. The number of nitrogens with one attached hydrogen (secondary N) is 2. The van der Waals surface area contributed by atoms with E-state index in [-0.39, 0.29) is 10.8 Å². The molecule has 168 valence electrons. The van der Waals surface area contributed by atoms with E-state index in [1.807, 2.05) is 13.0 Å². The highest BCUT2D eigenvalue weighted by Crippen LogP contribution is 2.21. The summed E-state index contributed by atoms with van der Waals surface area (Å²) in [5.74, 6) is -0.203. The van der Waals surface area contributed by atoms with Crippen molar-refractivity contribution in [1.82, 2.24) is 15.1 Å². The Balaban J connectivity index is 1.55. The van der Waals surface area contributed by atoms with Crippen LogP contribution in [0.4, 0.5) is 5.69 Å². The molecule has 0 spiro atoms. The topological polar surface area (TPSA) is 81.7 Å². The number of rotatable bonds is 8. The molecule has 1 fully saturated rings. The maximum Gasteiger partial charge on any atom is 0.262 e. The Bertz CT molecular complexity index is 1020. The largest absolute Gasteiger partial charge is 0.352 e. The highest BCUT2D eigenvalue weighted by Gasteiger charge is 2.18. The van der Waals surface area contributed by atoms with Crippen molar-refractivity contribution in [3.05, 3.63) is 59.2 Å². The quantitative estimate of drug-likeness (QED) is 0.612. The monoisotopic (exact) mass is 444 g/mol. The van der Waals surface area contributed by atoms with Crippen LogP contribution in [0.1, 0.15) is 27.9 Å². The standard InChI is InChI=1S/C23H32N4O3S/c1-18-8-9-19(2)22(16-18)31(29,30)25-21-7-4-6-20(17-21)23(28)24-10-5-11-27-14-12-26(3)13-15-27/h4,6-9,16-17,25H,5,10-15H2,1-3H3,(H,24,28). The molecule has 2 N–H and O–H groups in total. The van der Waals surface area contributed by atoms with E-state index in [4.69, 9.17) is 0 Å². The third-order valence-electron chi connectivity index (χ3n) is 5.54. The van der Waals surface area contributed by atoms with Gasteiger partial charge in [0.2, 0.25) is 0 Å². The lowest BCUT2D eigenvalue weighted by Crippen LogP contribution is -2.45. The first-order valence-electron chi connectivity index (χ1n) is 10.6. The minimum absolute atomic E-state index is 0.203. The van der Waals surface area contributed by atoms with Gasteiger partial charge in [0.15, 0.2) is 0 Å². The summed E-state index contributed by atoms with van der Waals surface area (Å²) in [5.41, 5.74) is 2.34. The minimum atomic E-state index is -3.74. The van der Waals surface area contributed by atoms with Crippen molar-refractivity contribution in [1.29, 1.82) is 0 Å². The summed E-state index contributed by atoms with van der Waals surface area (Å²) < 4.78 is 28.2. The number of benzene rings is 2. The van der Waals surface area contributed by atoms with E-state index >= 15 is 0 Å². The molecule has 1 heterocycles. The molecule has 1 amide bonds. The van der Waals surface area contributed by atoms with Crippen LogP contribution in [0.3, 0.4) is 0 Å². The fourth-order valence-corrected chi connectivity index (χ4v) is 4.99. The average molecular weight is 445 g/mol. The lowest BCUT2D eigenvalue weighted by molar-refractivity contribution is 0.0949. The Kier molecular flexibility index (Phi) is 7.69. The van der Waals surface area contributed by atoms with Gasteiger partial charge in [-0.25, -0.2) is 8.42 Å². The van der Waals surface area contributed by atoms with Crippen LogP contribution in [0.15, 0.2) is 47.4 Å². The Hall–Kier alpha value is -2.42. The van der Waals surface area contributed by atoms with Gasteiger partial charge in [0, 0.05) is 44.0 Å². The van der Waals surface area contributed by atoms with Gasteiger partial charge in [-0.2, -0.15) is 0 Å². The Labute approximate surface area is 185 Å². The van der Waals surface area contributed by atoms with E-state index in [0.29, 0.717) is 23.4 Å². The van der Waals surface area contributed by atoms with E-state index in [9.17, 15) is 13.2 Å². The van der Waals surface area contributed by atoms with E-state index in [2.05, 4.69) is 26.9 Å². The first kappa shape index (κ1) is 23.2. The van der Waals surface area contributed by atoms with Crippen molar-refractivity contribution in [3.8, 4) is 0 Å². The average Bonchev–Trinajstić information content (AvgIpc) is 2.74. The summed E-state index contributed by atoms with van der Waals surface area (Å²) in [6.07, 6.45) is 0.883. The predicted molar refractivity (Wildman–Crippen MR) is 124 cm³/mol. The third-order valence-corrected chi connectivity index (χ3v) is 7.07. The molecule has 0 aliphatic carbocycles. The van der Waals surface area contributed by atoms with Crippen LogP contribution in [0.25, 0.3) is 0 Å². The molecule has 0 bridgehead atoms. The molecule has 31 heavy (non-hydrogen) atoms. The molecule has 0 atom stereocenters. The van der Waals surface area contributed by atoms with Crippen molar-refractivity contribution < 1.29 is 13.2 Å². The number of aryl methyl sites for hydroxylation is 2. The lowest BCUT2D eigenvalue weighted by Gasteiger charge is -2.32. The predicted octanol–water partition coefficient (Wildman–Crippen LogP) is 2.47. The van der Waals surface area contributed by atoms with Gasteiger partial charge in [-0.15, -0.1) is 0 Å². The van der Waals surface area contributed by atoms with Crippen LogP contribution in [0, 0.1) is 13.8 Å². The number of hydrogen-bond acceptors (Lipinski definition) is 5. The Morgan fingerprint density at radius 3 is 2.52 bits per heavy atom. The molecule has 1 aliphatic heterocycles. The van der Waals surface area contributed by atoms with Gasteiger partial charge in [0.05, 0.1) is 4.90 Å². The zero-order valence-electron chi connectivity index (χ0n) is 18.5. The maximum absolute atomic E-state index is 12.8. The normalized spacial score (nSPS) is 15.6. The summed E-state index contributed by atoms with van der Waals surface area (Å²) >= 11 is 0. The fraction of sp³-hybridized carbons (Fsp3) is 0.435. The minimum Gasteiger partial charge on any atom is -0.352 e. The molecular weight excluding hydrogens is 412 g/mol. The highest BCUT2D eigenvalue weighted by molar-refractivity contribution is 7.92. The molecule has 1 aliphatic rings. The highest BCUT2D eigenvalue weighted by atomic mass is 32.2. The molecule has 1 saturated heterocycles. The molecule has 8 heteroatoms. The second kappa shape index (κ2) is 10.3. The van der Waals surface area contributed by atoms with E-state index < -0.39 is 10.0 Å². The van der Waals surface area contributed by atoms with Gasteiger partial charge in [0.25, 0.3) is 15.9 Å². The summed E-state index contributed by atoms with van der Waals surface area (Å²) in [5, 5.41) is 2.93. The number of sulfonamides is 1. The smallest absolute Gasteiger partial charge is 0.262 e. The number of amides is 1. The van der Waals surface area contributed by atoms with Gasteiger partial charge in [0.1, 0.15) is 0 Å². The van der Waals surface area contributed by atoms with Crippen LogP contribution >= 0.6 is 0 Å². The molecule has 3 rings (SSSR count). The number of carbonyl (C=O) groups excluding carboxylic acids is 1. The fourth-order valence-electron chi connectivity index (χ4n) is 3.61. The summed E-state index contributed by atoms with van der Waals surface area (Å²) in [7, 11) is -1.60. The number of piperazine rings is 1. The van der Waals surface area contributed by atoms with Crippen molar-refractivity contribution in [2.24, 2.45) is 0 Å². The second-order valence-corrected chi connectivity index (χ2v) is 9.86. The second-order valence-electron chi connectivity index (χ2n) is 8.21. The first-order valence-corrected chi connectivity index (χ1v) is 12.1. The number of anilines is 1. The molecule has 0 radical (unpaired) electrons. The first-order chi connectivity index (χ1) is 14.7.